The number of nitrogens with one attached hydrogen (secondary N) is 3. The van der Waals surface area contributed by atoms with Crippen molar-refractivity contribution in [1.82, 2.24) is 30.1 Å². The topological polar surface area (TPSA) is 113 Å². The van der Waals surface area contributed by atoms with Gasteiger partial charge < -0.3 is 20.7 Å². The number of aromatic nitrogens is 3. The van der Waals surface area contributed by atoms with Crippen molar-refractivity contribution in [3.8, 4) is 0 Å². The second kappa shape index (κ2) is 10.2. The Morgan fingerprint density at radius 2 is 1.97 bits per heavy atom. The summed E-state index contributed by atoms with van der Waals surface area (Å²) >= 11 is 0. The molecule has 0 spiro atoms. The van der Waals surface area contributed by atoms with E-state index in [9.17, 15) is 9.59 Å². The fourth-order valence-electron chi connectivity index (χ4n) is 4.65. The van der Waals surface area contributed by atoms with Gasteiger partial charge in [-0.2, -0.15) is 5.10 Å². The van der Waals surface area contributed by atoms with E-state index in [1.807, 2.05) is 32.0 Å². The van der Waals surface area contributed by atoms with Crippen LogP contribution in [-0.4, -0.2) is 70.2 Å². The lowest BCUT2D eigenvalue weighted by molar-refractivity contribution is 0.0522. The van der Waals surface area contributed by atoms with Gasteiger partial charge in [0.05, 0.1) is 17.9 Å². The van der Waals surface area contributed by atoms with E-state index in [4.69, 9.17) is 4.74 Å². The highest BCUT2D eigenvalue weighted by Crippen LogP contribution is 2.31. The molecule has 3 heterocycles. The lowest BCUT2D eigenvalue weighted by atomic mass is 10.1. The van der Waals surface area contributed by atoms with Gasteiger partial charge in [-0.1, -0.05) is 6.07 Å². The van der Waals surface area contributed by atoms with E-state index in [1.165, 1.54) is 6.33 Å². The van der Waals surface area contributed by atoms with Crippen LogP contribution in [0.3, 0.4) is 0 Å². The molecule has 2 aliphatic rings. The van der Waals surface area contributed by atoms with Crippen LogP contribution in [0.15, 0.2) is 24.5 Å². The number of rotatable bonds is 8. The van der Waals surface area contributed by atoms with Crippen molar-refractivity contribution in [3.05, 3.63) is 52.5 Å². The van der Waals surface area contributed by atoms with E-state index in [2.05, 4.69) is 30.9 Å². The molecule has 10 nitrogen and oxygen atoms in total. The first-order valence-electron chi connectivity index (χ1n) is 12.6. The minimum Gasteiger partial charge on any atom is -0.462 e. The van der Waals surface area contributed by atoms with E-state index in [1.54, 1.807) is 11.4 Å². The monoisotopic (exact) mass is 491 g/mol. The van der Waals surface area contributed by atoms with Crippen LogP contribution < -0.4 is 16.0 Å². The van der Waals surface area contributed by atoms with Gasteiger partial charge in [0.2, 0.25) is 0 Å². The number of hydrogen-bond donors (Lipinski definition) is 3. The largest absolute Gasteiger partial charge is 0.462 e. The molecular formula is C26H33N7O3. The van der Waals surface area contributed by atoms with Crippen molar-refractivity contribution in [2.45, 2.75) is 46.2 Å². The minimum absolute atomic E-state index is 0.0739. The standard InChI is InChI=1S/C26H33N7O3/c1-4-36-26(35)22-17(3)23-24(28-15-29-33(23)21(22)14-32-11-9-27-10-12-32)31-20-13-18(6-5-16(20)2)25(34)30-19-7-8-19/h5-6,13,15,19,27H,4,7-12,14H2,1-3H3,(H,30,34)(H,28,29,31). The molecule has 10 heteroatoms. The molecule has 0 bridgehead atoms. The maximum atomic E-state index is 13.1. The molecule has 1 amide bonds. The Labute approximate surface area is 210 Å². The molecule has 3 aromatic rings. The van der Waals surface area contributed by atoms with Gasteiger partial charge in [-0.3, -0.25) is 9.69 Å². The van der Waals surface area contributed by atoms with E-state index < -0.39 is 0 Å². The molecule has 1 aliphatic carbocycles. The lowest BCUT2D eigenvalue weighted by Gasteiger charge is -2.27. The molecule has 2 aromatic heterocycles. The van der Waals surface area contributed by atoms with Gasteiger partial charge in [-0.05, 0) is 56.9 Å². The van der Waals surface area contributed by atoms with Crippen LogP contribution in [0.25, 0.3) is 5.52 Å². The molecule has 1 aromatic carbocycles. The van der Waals surface area contributed by atoms with Gasteiger partial charge >= 0.3 is 5.97 Å². The predicted molar refractivity (Wildman–Crippen MR) is 137 cm³/mol. The average Bonchev–Trinajstić information content (AvgIpc) is 3.64. The van der Waals surface area contributed by atoms with Gasteiger partial charge in [-0.15, -0.1) is 0 Å². The number of carbonyl (C=O) groups excluding carboxylic acids is 2. The van der Waals surface area contributed by atoms with Gasteiger partial charge in [-0.25, -0.2) is 14.3 Å². The third-order valence-electron chi connectivity index (χ3n) is 6.79. The number of hydrogen-bond acceptors (Lipinski definition) is 8. The Morgan fingerprint density at radius 1 is 1.19 bits per heavy atom. The van der Waals surface area contributed by atoms with Crippen LogP contribution >= 0.6 is 0 Å². The summed E-state index contributed by atoms with van der Waals surface area (Å²) in [5.74, 6) is 0.143. The smallest absolute Gasteiger partial charge is 0.340 e. The highest BCUT2D eigenvalue weighted by atomic mass is 16.5. The van der Waals surface area contributed by atoms with Crippen LogP contribution in [0.1, 0.15) is 57.3 Å². The Morgan fingerprint density at radius 3 is 2.69 bits per heavy atom. The zero-order chi connectivity index (χ0) is 25.2. The third-order valence-corrected chi connectivity index (χ3v) is 6.79. The molecule has 36 heavy (non-hydrogen) atoms. The van der Waals surface area contributed by atoms with Gasteiger partial charge in [0.25, 0.3) is 5.91 Å². The number of piperazine rings is 1. The zero-order valence-electron chi connectivity index (χ0n) is 21.1. The second-order valence-corrected chi connectivity index (χ2v) is 9.46. The summed E-state index contributed by atoms with van der Waals surface area (Å²) in [6, 6.07) is 5.89. The molecule has 1 saturated carbocycles. The van der Waals surface area contributed by atoms with Crippen molar-refractivity contribution in [3.63, 3.8) is 0 Å². The molecule has 3 N–H and O–H groups in total. The summed E-state index contributed by atoms with van der Waals surface area (Å²) in [5, 5.41) is 14.3. The van der Waals surface area contributed by atoms with Gasteiger partial charge in [0, 0.05) is 50.0 Å². The lowest BCUT2D eigenvalue weighted by Crippen LogP contribution is -2.43. The Bertz CT molecular complexity index is 1290. The molecule has 5 rings (SSSR count). The normalized spacial score (nSPS) is 16.2. The summed E-state index contributed by atoms with van der Waals surface area (Å²) in [4.78, 5) is 32.5. The summed E-state index contributed by atoms with van der Waals surface area (Å²) in [6.07, 6.45) is 3.56. The number of nitrogens with zero attached hydrogens (tertiary/aromatic N) is 4. The molecule has 190 valence electrons. The Hall–Kier alpha value is -3.50. The van der Waals surface area contributed by atoms with E-state index in [0.717, 1.165) is 67.0 Å². The number of carbonyl (C=O) groups is 2. The Balaban J connectivity index is 1.54. The van der Waals surface area contributed by atoms with Crippen LogP contribution in [0, 0.1) is 13.8 Å². The number of anilines is 2. The fourth-order valence-corrected chi connectivity index (χ4v) is 4.65. The Kier molecular flexibility index (Phi) is 6.88. The summed E-state index contributed by atoms with van der Waals surface area (Å²) in [6.45, 7) is 10.2. The number of aryl methyl sites for hydroxylation is 2. The van der Waals surface area contributed by atoms with E-state index in [0.29, 0.717) is 30.1 Å². The fraction of sp³-hybridized carbons (Fsp3) is 0.462. The van der Waals surface area contributed by atoms with Crippen LogP contribution in [0.5, 0.6) is 0 Å². The van der Waals surface area contributed by atoms with Crippen molar-refractivity contribution < 1.29 is 14.3 Å². The number of fused-ring (bicyclic) bond motifs is 1. The molecule has 0 unspecified atom stereocenters. The van der Waals surface area contributed by atoms with E-state index >= 15 is 0 Å². The van der Waals surface area contributed by atoms with Gasteiger partial charge in [0.15, 0.2) is 5.82 Å². The van der Waals surface area contributed by atoms with Crippen molar-refractivity contribution in [1.29, 1.82) is 0 Å². The molecule has 2 fully saturated rings. The number of esters is 1. The summed E-state index contributed by atoms with van der Waals surface area (Å²) < 4.78 is 7.23. The second-order valence-electron chi connectivity index (χ2n) is 9.46. The highest BCUT2D eigenvalue weighted by molar-refractivity contribution is 5.98. The van der Waals surface area contributed by atoms with Crippen molar-refractivity contribution >= 4 is 28.9 Å². The molecule has 0 atom stereocenters. The maximum absolute atomic E-state index is 13.1. The van der Waals surface area contributed by atoms with Crippen LogP contribution in [0.4, 0.5) is 11.5 Å². The van der Waals surface area contributed by atoms with Crippen molar-refractivity contribution in [2.75, 3.05) is 38.1 Å². The molecular weight excluding hydrogens is 458 g/mol. The first-order valence-corrected chi connectivity index (χ1v) is 12.6. The van der Waals surface area contributed by atoms with Crippen LogP contribution in [0.2, 0.25) is 0 Å². The summed E-state index contributed by atoms with van der Waals surface area (Å²) in [5.41, 5.74) is 5.17. The maximum Gasteiger partial charge on any atom is 0.340 e. The quantitative estimate of drug-likeness (QED) is 0.412. The predicted octanol–water partition coefficient (Wildman–Crippen LogP) is 2.56. The average molecular weight is 492 g/mol. The first-order chi connectivity index (χ1) is 17.5. The first kappa shape index (κ1) is 24.2. The van der Waals surface area contributed by atoms with Gasteiger partial charge in [0.1, 0.15) is 11.8 Å². The van der Waals surface area contributed by atoms with Crippen molar-refractivity contribution in [2.24, 2.45) is 0 Å². The zero-order valence-corrected chi connectivity index (χ0v) is 21.1. The number of ether oxygens (including phenoxy) is 1. The van der Waals surface area contributed by atoms with E-state index in [-0.39, 0.29) is 17.9 Å². The molecule has 1 saturated heterocycles. The highest BCUT2D eigenvalue weighted by Gasteiger charge is 2.28. The van der Waals surface area contributed by atoms with Crippen LogP contribution in [-0.2, 0) is 11.3 Å². The molecule has 1 aliphatic heterocycles. The third kappa shape index (κ3) is 4.91. The SMILES string of the molecule is CCOC(=O)c1c(C)c2c(Nc3cc(C(=O)NC4CC4)ccc3C)ncnn2c1CN1CCNCC1. The molecule has 0 radical (unpaired) electrons. The number of amides is 1. The number of benzene rings is 1. The minimum atomic E-state index is -0.355. The summed E-state index contributed by atoms with van der Waals surface area (Å²) in [7, 11) is 0.